The molecule has 30 heavy (non-hydrogen) atoms. The van der Waals surface area contributed by atoms with Crippen LogP contribution in [0.3, 0.4) is 0 Å². The van der Waals surface area contributed by atoms with Gasteiger partial charge in [0.25, 0.3) is 5.91 Å². The Balaban J connectivity index is 2.03. The second-order valence-corrected chi connectivity index (χ2v) is 8.33. The molecule has 0 fully saturated rings. The Morgan fingerprint density at radius 2 is 2.00 bits per heavy atom. The minimum Gasteiger partial charge on any atom is -0.466 e. The highest BCUT2D eigenvalue weighted by atomic mass is 35.5. The fraction of sp³-hybridized carbons (Fsp3) is 0.0952. The molecule has 0 saturated heterocycles. The lowest BCUT2D eigenvalue weighted by Gasteiger charge is -2.38. The van der Waals surface area contributed by atoms with E-state index in [9.17, 15) is 14.9 Å². The Morgan fingerprint density at radius 1 is 1.27 bits per heavy atom. The normalized spacial score (nSPS) is 18.0. The number of methoxy groups -OCH3 is 1. The van der Waals surface area contributed by atoms with Crippen molar-refractivity contribution in [2.45, 2.75) is 10.8 Å². The van der Waals surface area contributed by atoms with Crippen molar-refractivity contribution in [3.63, 3.8) is 0 Å². The smallest absolute Gasteiger partial charge is 0.338 e. The average molecular weight is 458 g/mol. The molecule has 150 valence electrons. The first-order chi connectivity index (χ1) is 14.4. The van der Waals surface area contributed by atoms with Crippen LogP contribution >= 0.6 is 35.0 Å². The van der Waals surface area contributed by atoms with E-state index in [1.54, 1.807) is 36.4 Å². The number of hydrogen-bond acceptors (Lipinski definition) is 6. The van der Waals surface area contributed by atoms with Gasteiger partial charge in [0.05, 0.1) is 35.8 Å². The van der Waals surface area contributed by atoms with Gasteiger partial charge in [-0.05, 0) is 29.8 Å². The molecule has 2 aliphatic heterocycles. The Morgan fingerprint density at radius 3 is 2.67 bits per heavy atom. The molecule has 1 atom stereocenters. The zero-order valence-electron chi connectivity index (χ0n) is 15.5. The standard InChI is InChI=1S/C21H13Cl2N3O3S/c1-29-21(28)17-16(11-7-6-10(22)8-14(11)23)13(9-24)20-26(18(17)25)19(27)12-4-2-3-5-15(12)30-20/h2-8,16H,25H2,1H3/t16-/m0/s1. The van der Waals surface area contributed by atoms with Gasteiger partial charge in [0.2, 0.25) is 0 Å². The molecule has 0 spiro atoms. The molecule has 1 amide bonds. The third kappa shape index (κ3) is 3.05. The number of carbonyl (C=O) groups excluding carboxylic acids is 2. The lowest BCUT2D eigenvalue weighted by Crippen LogP contribution is -2.42. The Hall–Kier alpha value is -2.92. The molecule has 2 N–H and O–H groups in total. The molecule has 6 nitrogen and oxygen atoms in total. The second kappa shape index (κ2) is 7.73. The van der Waals surface area contributed by atoms with Crippen LogP contribution in [0.2, 0.25) is 10.0 Å². The number of allylic oxidation sites excluding steroid dienone is 1. The van der Waals surface area contributed by atoms with E-state index in [-0.39, 0.29) is 22.0 Å². The summed E-state index contributed by atoms with van der Waals surface area (Å²) in [5.41, 5.74) is 7.36. The number of fused-ring (bicyclic) bond motifs is 2. The molecule has 0 saturated carbocycles. The number of amides is 1. The first-order valence-corrected chi connectivity index (χ1v) is 10.2. The number of halogens is 2. The maximum Gasteiger partial charge on any atom is 0.338 e. The van der Waals surface area contributed by atoms with Gasteiger partial charge in [-0.1, -0.05) is 53.2 Å². The lowest BCUT2D eigenvalue weighted by atomic mass is 9.82. The van der Waals surface area contributed by atoms with E-state index in [1.807, 2.05) is 0 Å². The molecule has 9 heteroatoms. The molecule has 2 heterocycles. The van der Waals surface area contributed by atoms with Crippen LogP contribution in [0.5, 0.6) is 0 Å². The first kappa shape index (κ1) is 20.4. The minimum atomic E-state index is -0.913. The number of hydrogen-bond donors (Lipinski definition) is 1. The number of thioether (sulfide) groups is 1. The summed E-state index contributed by atoms with van der Waals surface area (Å²) in [6.07, 6.45) is 0. The summed E-state index contributed by atoms with van der Waals surface area (Å²) >= 11 is 13.7. The number of benzene rings is 2. The molecule has 0 unspecified atom stereocenters. The summed E-state index contributed by atoms with van der Waals surface area (Å²) in [5.74, 6) is -2.19. The van der Waals surface area contributed by atoms with Crippen molar-refractivity contribution in [3.05, 3.63) is 85.6 Å². The van der Waals surface area contributed by atoms with Crippen LogP contribution in [0, 0.1) is 11.3 Å². The van der Waals surface area contributed by atoms with Gasteiger partial charge in [-0.25, -0.2) is 4.79 Å². The molecule has 2 aromatic rings. The van der Waals surface area contributed by atoms with Crippen molar-refractivity contribution in [2.75, 3.05) is 7.11 Å². The maximum absolute atomic E-state index is 13.2. The predicted octanol–water partition coefficient (Wildman–Crippen LogP) is 4.42. The minimum absolute atomic E-state index is 0.0321. The molecule has 0 aromatic heterocycles. The predicted molar refractivity (Wildman–Crippen MR) is 114 cm³/mol. The van der Waals surface area contributed by atoms with E-state index >= 15 is 0 Å². The van der Waals surface area contributed by atoms with E-state index in [0.29, 0.717) is 26.1 Å². The number of nitriles is 1. The summed E-state index contributed by atoms with van der Waals surface area (Å²) in [5, 5.41) is 11.1. The zero-order valence-corrected chi connectivity index (χ0v) is 17.8. The van der Waals surface area contributed by atoms with Crippen molar-refractivity contribution < 1.29 is 14.3 Å². The number of esters is 1. The highest BCUT2D eigenvalue weighted by Crippen LogP contribution is 2.50. The molecule has 2 aromatic carbocycles. The van der Waals surface area contributed by atoms with Gasteiger partial charge in [-0.15, -0.1) is 0 Å². The Labute approximate surface area is 186 Å². The summed E-state index contributed by atoms with van der Waals surface area (Å²) < 4.78 is 4.93. The zero-order chi connectivity index (χ0) is 21.6. The van der Waals surface area contributed by atoms with Crippen LogP contribution < -0.4 is 5.73 Å². The fourth-order valence-corrected chi connectivity index (χ4v) is 5.20. The molecular formula is C21H13Cl2N3O3S. The molecule has 0 radical (unpaired) electrons. The number of carbonyl (C=O) groups is 2. The van der Waals surface area contributed by atoms with Crippen LogP contribution in [0.15, 0.2) is 69.4 Å². The van der Waals surface area contributed by atoms with Gasteiger partial charge in [0, 0.05) is 14.9 Å². The summed E-state index contributed by atoms with van der Waals surface area (Å²) in [6, 6.07) is 13.9. The van der Waals surface area contributed by atoms with Gasteiger partial charge in [-0.2, -0.15) is 5.26 Å². The summed E-state index contributed by atoms with van der Waals surface area (Å²) in [7, 11) is 1.20. The van der Waals surface area contributed by atoms with E-state index in [4.69, 9.17) is 33.7 Å². The topological polar surface area (TPSA) is 96.4 Å². The Bertz CT molecular complexity index is 1220. The molecule has 2 aliphatic rings. The van der Waals surface area contributed by atoms with Crippen molar-refractivity contribution in [3.8, 4) is 6.07 Å². The molecule has 4 rings (SSSR count). The van der Waals surface area contributed by atoms with E-state index in [0.717, 1.165) is 0 Å². The second-order valence-electron chi connectivity index (χ2n) is 6.46. The first-order valence-electron chi connectivity index (χ1n) is 8.67. The van der Waals surface area contributed by atoms with Crippen LogP contribution in [-0.4, -0.2) is 23.9 Å². The summed E-state index contributed by atoms with van der Waals surface area (Å²) in [6.45, 7) is 0. The quantitative estimate of drug-likeness (QED) is 0.670. The number of nitrogens with zero attached hydrogens (tertiary/aromatic N) is 2. The van der Waals surface area contributed by atoms with Crippen molar-refractivity contribution >= 4 is 46.8 Å². The summed E-state index contributed by atoms with van der Waals surface area (Å²) in [4.78, 5) is 27.8. The van der Waals surface area contributed by atoms with Crippen molar-refractivity contribution in [1.29, 1.82) is 5.26 Å². The fourth-order valence-electron chi connectivity index (χ4n) is 3.52. The van der Waals surface area contributed by atoms with E-state index in [2.05, 4.69) is 6.07 Å². The van der Waals surface area contributed by atoms with Crippen LogP contribution in [0.1, 0.15) is 21.8 Å². The number of nitrogens with two attached hydrogens (primary N) is 1. The Kier molecular flexibility index (Phi) is 5.24. The van der Waals surface area contributed by atoms with Crippen LogP contribution in [0.25, 0.3) is 0 Å². The van der Waals surface area contributed by atoms with Crippen LogP contribution in [0.4, 0.5) is 0 Å². The van der Waals surface area contributed by atoms with Gasteiger partial charge in [0.15, 0.2) is 0 Å². The van der Waals surface area contributed by atoms with Crippen molar-refractivity contribution in [2.24, 2.45) is 5.73 Å². The van der Waals surface area contributed by atoms with Gasteiger partial charge in [0.1, 0.15) is 10.9 Å². The lowest BCUT2D eigenvalue weighted by molar-refractivity contribution is -0.136. The molecule has 0 bridgehead atoms. The van der Waals surface area contributed by atoms with E-state index in [1.165, 1.54) is 29.8 Å². The maximum atomic E-state index is 13.2. The average Bonchev–Trinajstić information content (AvgIpc) is 2.73. The van der Waals surface area contributed by atoms with Crippen LogP contribution in [-0.2, 0) is 9.53 Å². The van der Waals surface area contributed by atoms with Gasteiger partial charge < -0.3 is 10.5 Å². The highest BCUT2D eigenvalue weighted by Gasteiger charge is 2.44. The third-order valence-electron chi connectivity index (χ3n) is 4.85. The monoisotopic (exact) mass is 457 g/mol. The third-order valence-corrected chi connectivity index (χ3v) is 6.59. The highest BCUT2D eigenvalue weighted by molar-refractivity contribution is 8.03. The number of rotatable bonds is 2. The SMILES string of the molecule is COC(=O)C1=C(N)N2C(=O)c3ccccc3SC2=C(C#N)[C@@H]1c1ccc(Cl)cc1Cl. The largest absolute Gasteiger partial charge is 0.466 e. The van der Waals surface area contributed by atoms with Crippen molar-refractivity contribution in [1.82, 2.24) is 4.90 Å². The molecular weight excluding hydrogens is 445 g/mol. The number of ether oxygens (including phenoxy) is 1. The van der Waals surface area contributed by atoms with Gasteiger partial charge in [-0.3, -0.25) is 9.69 Å². The molecule has 0 aliphatic carbocycles. The van der Waals surface area contributed by atoms with E-state index < -0.39 is 17.8 Å². The van der Waals surface area contributed by atoms with Gasteiger partial charge >= 0.3 is 5.97 Å².